The second kappa shape index (κ2) is 5.99. The van der Waals surface area contributed by atoms with Crippen molar-refractivity contribution < 1.29 is 23.5 Å². The van der Waals surface area contributed by atoms with E-state index in [4.69, 9.17) is 5.11 Å². The van der Waals surface area contributed by atoms with Gasteiger partial charge in [-0.25, -0.2) is 13.6 Å². The Bertz CT molecular complexity index is 687. The standard InChI is InChI=1S/C12H10F2N4O3/c13-9-2-1-7(3-10(9)14)16-12(21)17-8-4-15-18(5-8)6-11(19)20/h1-5H,6H2,(H,19,20)(H2,16,17,21). The molecule has 0 fully saturated rings. The molecule has 0 bridgehead atoms. The molecule has 3 N–H and O–H groups in total. The third-order valence-corrected chi connectivity index (χ3v) is 2.37. The second-order valence-electron chi connectivity index (χ2n) is 4.03. The number of carbonyl (C=O) groups is 2. The lowest BCUT2D eigenvalue weighted by atomic mass is 10.3. The number of carbonyl (C=O) groups excluding carboxylic acids is 1. The van der Waals surface area contributed by atoms with Crippen LogP contribution < -0.4 is 10.6 Å². The minimum absolute atomic E-state index is 0.0735. The lowest BCUT2D eigenvalue weighted by Gasteiger charge is -2.06. The van der Waals surface area contributed by atoms with Gasteiger partial charge in [0.1, 0.15) is 6.54 Å². The van der Waals surface area contributed by atoms with Crippen LogP contribution in [0.25, 0.3) is 0 Å². The number of anilines is 2. The minimum Gasteiger partial charge on any atom is -0.480 e. The number of carboxylic acid groups (broad SMARTS) is 1. The molecule has 0 unspecified atom stereocenters. The van der Waals surface area contributed by atoms with E-state index in [1.807, 2.05) is 0 Å². The van der Waals surface area contributed by atoms with Gasteiger partial charge in [-0.15, -0.1) is 0 Å². The molecule has 1 heterocycles. The predicted molar refractivity (Wildman–Crippen MR) is 68.9 cm³/mol. The monoisotopic (exact) mass is 296 g/mol. The molecule has 7 nitrogen and oxygen atoms in total. The summed E-state index contributed by atoms with van der Waals surface area (Å²) in [5.41, 5.74) is 0.334. The molecule has 0 saturated heterocycles. The van der Waals surface area contributed by atoms with Crippen LogP contribution in [0.4, 0.5) is 25.0 Å². The van der Waals surface area contributed by atoms with E-state index in [2.05, 4.69) is 15.7 Å². The summed E-state index contributed by atoms with van der Waals surface area (Å²) in [6, 6.07) is 2.22. The van der Waals surface area contributed by atoms with Gasteiger partial charge in [0.25, 0.3) is 0 Å². The van der Waals surface area contributed by atoms with E-state index >= 15 is 0 Å². The molecule has 0 aliphatic carbocycles. The lowest BCUT2D eigenvalue weighted by molar-refractivity contribution is -0.137. The van der Waals surface area contributed by atoms with Crippen molar-refractivity contribution >= 4 is 23.4 Å². The van der Waals surface area contributed by atoms with E-state index in [0.717, 1.165) is 16.8 Å². The molecular formula is C12H10F2N4O3. The lowest BCUT2D eigenvalue weighted by Crippen LogP contribution is -2.19. The van der Waals surface area contributed by atoms with Gasteiger partial charge in [0.2, 0.25) is 0 Å². The highest BCUT2D eigenvalue weighted by Crippen LogP contribution is 2.13. The van der Waals surface area contributed by atoms with Gasteiger partial charge < -0.3 is 15.7 Å². The smallest absolute Gasteiger partial charge is 0.325 e. The van der Waals surface area contributed by atoms with Crippen molar-refractivity contribution in [3.63, 3.8) is 0 Å². The zero-order chi connectivity index (χ0) is 15.4. The Kier molecular flexibility index (Phi) is 4.12. The van der Waals surface area contributed by atoms with Crippen LogP contribution in [0.3, 0.4) is 0 Å². The quantitative estimate of drug-likeness (QED) is 0.802. The molecule has 0 radical (unpaired) electrons. The molecule has 0 spiro atoms. The van der Waals surface area contributed by atoms with Crippen molar-refractivity contribution in [3.8, 4) is 0 Å². The maximum Gasteiger partial charge on any atom is 0.325 e. The van der Waals surface area contributed by atoms with Crippen molar-refractivity contribution in [2.45, 2.75) is 6.54 Å². The van der Waals surface area contributed by atoms with Crippen LogP contribution in [0.15, 0.2) is 30.6 Å². The molecule has 2 aromatic rings. The average molecular weight is 296 g/mol. The molecule has 1 aromatic carbocycles. The van der Waals surface area contributed by atoms with Crippen molar-refractivity contribution in [3.05, 3.63) is 42.2 Å². The van der Waals surface area contributed by atoms with Crippen molar-refractivity contribution in [1.29, 1.82) is 0 Å². The molecule has 2 amide bonds. The third kappa shape index (κ3) is 4.00. The topological polar surface area (TPSA) is 96.2 Å². The third-order valence-electron chi connectivity index (χ3n) is 2.37. The number of aromatic nitrogens is 2. The van der Waals surface area contributed by atoms with E-state index in [1.165, 1.54) is 18.5 Å². The second-order valence-corrected chi connectivity index (χ2v) is 4.03. The minimum atomic E-state index is -1.08. The summed E-state index contributed by atoms with van der Waals surface area (Å²) >= 11 is 0. The van der Waals surface area contributed by atoms with Crippen LogP contribution in [-0.2, 0) is 11.3 Å². The van der Waals surface area contributed by atoms with Gasteiger partial charge in [-0.2, -0.15) is 5.10 Å². The van der Waals surface area contributed by atoms with Crippen LogP contribution in [0.1, 0.15) is 0 Å². The maximum atomic E-state index is 13.0. The first-order valence-electron chi connectivity index (χ1n) is 5.71. The first kappa shape index (κ1) is 14.4. The molecule has 0 atom stereocenters. The molecular weight excluding hydrogens is 286 g/mol. The van der Waals surface area contributed by atoms with Crippen LogP contribution in [0.2, 0.25) is 0 Å². The van der Waals surface area contributed by atoms with Gasteiger partial charge in [-0.3, -0.25) is 9.48 Å². The zero-order valence-electron chi connectivity index (χ0n) is 10.5. The van der Waals surface area contributed by atoms with E-state index in [9.17, 15) is 18.4 Å². The molecule has 9 heteroatoms. The first-order valence-corrected chi connectivity index (χ1v) is 5.71. The Labute approximate surface area is 117 Å². The van der Waals surface area contributed by atoms with Gasteiger partial charge in [0.15, 0.2) is 11.6 Å². The number of aliphatic carboxylic acids is 1. The van der Waals surface area contributed by atoms with Gasteiger partial charge in [0.05, 0.1) is 11.9 Å². The normalized spacial score (nSPS) is 10.2. The highest BCUT2D eigenvalue weighted by molar-refractivity contribution is 5.99. The molecule has 0 aliphatic heterocycles. The summed E-state index contributed by atoms with van der Waals surface area (Å²) in [6.07, 6.45) is 2.58. The number of hydrogen-bond donors (Lipinski definition) is 3. The summed E-state index contributed by atoms with van der Waals surface area (Å²) in [6.45, 7) is -0.341. The Morgan fingerprint density at radius 3 is 2.57 bits per heavy atom. The SMILES string of the molecule is O=C(O)Cn1cc(NC(=O)Nc2ccc(F)c(F)c2)cn1. The van der Waals surface area contributed by atoms with Crippen LogP contribution in [0, 0.1) is 11.6 Å². The Morgan fingerprint density at radius 1 is 1.19 bits per heavy atom. The van der Waals surface area contributed by atoms with Gasteiger partial charge in [-0.05, 0) is 12.1 Å². The number of carboxylic acids is 1. The Balaban J connectivity index is 1.96. The fraction of sp³-hybridized carbons (Fsp3) is 0.0833. The molecule has 2 rings (SSSR count). The van der Waals surface area contributed by atoms with Crippen molar-refractivity contribution in [1.82, 2.24) is 9.78 Å². The van der Waals surface area contributed by atoms with Gasteiger partial charge >= 0.3 is 12.0 Å². The summed E-state index contributed by atoms with van der Waals surface area (Å²) in [5, 5.41) is 17.0. The van der Waals surface area contributed by atoms with Crippen LogP contribution >= 0.6 is 0 Å². The summed E-state index contributed by atoms with van der Waals surface area (Å²) in [5.74, 6) is -3.17. The Hall–Kier alpha value is -2.97. The van der Waals surface area contributed by atoms with Crippen LogP contribution in [0.5, 0.6) is 0 Å². The van der Waals surface area contributed by atoms with Gasteiger partial charge in [-0.1, -0.05) is 0 Å². The number of nitrogens with one attached hydrogen (secondary N) is 2. The molecule has 0 aliphatic rings. The first-order chi connectivity index (χ1) is 9.94. The van der Waals surface area contributed by atoms with E-state index in [1.54, 1.807) is 0 Å². The largest absolute Gasteiger partial charge is 0.480 e. The number of rotatable bonds is 4. The number of benzene rings is 1. The maximum absolute atomic E-state index is 13.0. The number of amides is 2. The van der Waals surface area contributed by atoms with E-state index in [-0.39, 0.29) is 17.9 Å². The highest BCUT2D eigenvalue weighted by Gasteiger charge is 2.08. The van der Waals surface area contributed by atoms with E-state index < -0.39 is 23.6 Å². The van der Waals surface area contributed by atoms with Gasteiger partial charge in [0, 0.05) is 18.0 Å². The fourth-order valence-electron chi connectivity index (χ4n) is 1.52. The summed E-state index contributed by atoms with van der Waals surface area (Å²) in [7, 11) is 0. The average Bonchev–Trinajstić information content (AvgIpc) is 2.80. The fourth-order valence-corrected chi connectivity index (χ4v) is 1.52. The molecule has 21 heavy (non-hydrogen) atoms. The Morgan fingerprint density at radius 2 is 1.90 bits per heavy atom. The molecule has 0 saturated carbocycles. The van der Waals surface area contributed by atoms with E-state index in [0.29, 0.717) is 0 Å². The highest BCUT2D eigenvalue weighted by atomic mass is 19.2. The number of urea groups is 1. The number of nitrogens with zero attached hydrogens (tertiary/aromatic N) is 2. The summed E-state index contributed by atoms with van der Waals surface area (Å²) in [4.78, 5) is 22.1. The number of hydrogen-bond acceptors (Lipinski definition) is 3. The molecule has 1 aromatic heterocycles. The molecule has 110 valence electrons. The number of halogens is 2. The predicted octanol–water partition coefficient (Wildman–Crippen LogP) is 1.89. The van der Waals surface area contributed by atoms with Crippen molar-refractivity contribution in [2.24, 2.45) is 0 Å². The summed E-state index contributed by atoms with van der Waals surface area (Å²) < 4.78 is 26.8. The van der Waals surface area contributed by atoms with Crippen molar-refractivity contribution in [2.75, 3.05) is 10.6 Å². The van der Waals surface area contributed by atoms with Crippen LogP contribution in [-0.4, -0.2) is 26.9 Å². The zero-order valence-corrected chi connectivity index (χ0v) is 10.5.